The Morgan fingerprint density at radius 2 is 1.64 bits per heavy atom. The number of aromatic nitrogens is 2. The molecule has 0 bridgehead atoms. The van der Waals surface area contributed by atoms with E-state index in [0.717, 1.165) is 12.0 Å². The molecule has 0 aliphatic carbocycles. The first-order chi connectivity index (χ1) is 16.0. The molecule has 1 saturated heterocycles. The third-order valence-electron chi connectivity index (χ3n) is 5.71. The molecular weight excluding hydrogens is 420 g/mol. The van der Waals surface area contributed by atoms with Gasteiger partial charge in [-0.05, 0) is 54.8 Å². The quantitative estimate of drug-likeness (QED) is 0.577. The topological polar surface area (TPSA) is 137 Å². The Hall–Kier alpha value is -4.27. The lowest BCUT2D eigenvalue weighted by molar-refractivity contribution is -0.119. The molecule has 2 aliphatic heterocycles. The van der Waals surface area contributed by atoms with E-state index in [2.05, 4.69) is 15.0 Å². The average molecular weight is 442 g/mol. The zero-order chi connectivity index (χ0) is 22.9. The number of benzene rings is 2. The van der Waals surface area contributed by atoms with Crippen molar-refractivity contribution in [2.75, 3.05) is 11.4 Å². The summed E-state index contributed by atoms with van der Waals surface area (Å²) in [5.41, 5.74) is 12.9. The number of ether oxygens (including phenoxy) is 1. The zero-order valence-corrected chi connectivity index (χ0v) is 17.7. The minimum Gasteiger partial charge on any atom is -0.457 e. The lowest BCUT2D eigenvalue weighted by Crippen LogP contribution is -2.41. The number of aliphatic imine (C=N–C) groups is 1. The van der Waals surface area contributed by atoms with Crippen molar-refractivity contribution in [3.8, 4) is 22.9 Å². The second kappa shape index (κ2) is 8.34. The maximum atomic E-state index is 11.9. The van der Waals surface area contributed by atoms with Crippen LogP contribution in [0.4, 0.5) is 5.82 Å². The van der Waals surface area contributed by atoms with Gasteiger partial charge in [0, 0.05) is 24.4 Å². The van der Waals surface area contributed by atoms with Crippen LogP contribution in [-0.2, 0) is 4.79 Å². The smallest absolute Gasteiger partial charge is 0.267 e. The van der Waals surface area contributed by atoms with Crippen LogP contribution >= 0.6 is 0 Å². The third-order valence-corrected chi connectivity index (χ3v) is 5.71. The largest absolute Gasteiger partial charge is 0.457 e. The fraction of sp³-hybridized carbons (Fsp3) is 0.208. The van der Waals surface area contributed by atoms with Crippen molar-refractivity contribution in [1.82, 2.24) is 9.97 Å². The van der Waals surface area contributed by atoms with Crippen LogP contribution in [0.15, 0.2) is 59.6 Å². The van der Waals surface area contributed by atoms with Gasteiger partial charge in [-0.3, -0.25) is 14.6 Å². The Morgan fingerprint density at radius 1 is 0.970 bits per heavy atom. The molecule has 9 nitrogen and oxygen atoms in total. The fourth-order valence-electron chi connectivity index (χ4n) is 3.93. The summed E-state index contributed by atoms with van der Waals surface area (Å²) in [6.45, 7) is 0.612. The van der Waals surface area contributed by atoms with Gasteiger partial charge in [-0.25, -0.2) is 9.97 Å². The molecule has 9 heteroatoms. The van der Waals surface area contributed by atoms with Gasteiger partial charge >= 0.3 is 0 Å². The second-order valence-corrected chi connectivity index (χ2v) is 7.99. The molecule has 0 radical (unpaired) electrons. The van der Waals surface area contributed by atoms with E-state index in [1.54, 1.807) is 29.2 Å². The minimum absolute atomic E-state index is 0.0742. The average Bonchev–Trinajstić information content (AvgIpc) is 3.55. The number of anilines is 1. The SMILES string of the molecule is NC(=O)c1cc(N2CCC[C@H]2C(N)=O)nc(-c2ccc(Oc3ccc(C4C=N4)cc3)cc2)n1. The van der Waals surface area contributed by atoms with Gasteiger partial charge in [0.1, 0.15) is 35.1 Å². The molecule has 2 amide bonds. The highest BCUT2D eigenvalue weighted by Crippen LogP contribution is 2.30. The Bertz CT molecular complexity index is 1230. The third kappa shape index (κ3) is 4.38. The predicted molar refractivity (Wildman–Crippen MR) is 123 cm³/mol. The van der Waals surface area contributed by atoms with Gasteiger partial charge in [-0.2, -0.15) is 0 Å². The number of rotatable bonds is 7. The van der Waals surface area contributed by atoms with Crippen molar-refractivity contribution in [1.29, 1.82) is 0 Å². The lowest BCUT2D eigenvalue weighted by atomic mass is 10.1. The number of hydrogen-bond acceptors (Lipinski definition) is 7. The standard InChI is InChI=1S/C24H22N6O3/c25-22(31)18-12-21(30-11-1-2-20(30)23(26)32)29-24(28-18)15-5-9-17(10-6-15)33-16-7-3-14(4-8-16)19-13-27-19/h3-10,12-13,19-20H,1-2,11H2,(H2,25,31)(H2,26,32)/t19?,20-/m0/s1. The summed E-state index contributed by atoms with van der Waals surface area (Å²) in [4.78, 5) is 38.6. The molecule has 2 atom stereocenters. The Morgan fingerprint density at radius 3 is 2.24 bits per heavy atom. The van der Waals surface area contributed by atoms with E-state index in [1.807, 2.05) is 30.5 Å². The van der Waals surface area contributed by atoms with Crippen molar-refractivity contribution in [2.45, 2.75) is 24.9 Å². The molecule has 1 aromatic heterocycles. The molecule has 4 N–H and O–H groups in total. The summed E-state index contributed by atoms with van der Waals surface area (Å²) in [6.07, 6.45) is 3.34. The maximum Gasteiger partial charge on any atom is 0.267 e. The summed E-state index contributed by atoms with van der Waals surface area (Å²) in [5, 5.41) is 0. The van der Waals surface area contributed by atoms with Crippen molar-refractivity contribution in [3.05, 3.63) is 65.9 Å². The van der Waals surface area contributed by atoms with E-state index in [4.69, 9.17) is 16.2 Å². The minimum atomic E-state index is -0.672. The Kier molecular flexibility index (Phi) is 5.21. The lowest BCUT2D eigenvalue weighted by Gasteiger charge is -2.23. The van der Waals surface area contributed by atoms with Crippen molar-refractivity contribution >= 4 is 23.8 Å². The van der Waals surface area contributed by atoms with Gasteiger partial charge in [-0.15, -0.1) is 0 Å². The summed E-state index contributed by atoms with van der Waals surface area (Å²) < 4.78 is 5.92. The molecule has 166 valence electrons. The zero-order valence-electron chi connectivity index (χ0n) is 17.7. The first kappa shape index (κ1) is 20.6. The molecule has 1 unspecified atom stereocenters. The number of amides is 2. The molecule has 33 heavy (non-hydrogen) atoms. The van der Waals surface area contributed by atoms with Gasteiger partial charge in [0.05, 0.1) is 0 Å². The molecular formula is C24H22N6O3. The highest BCUT2D eigenvalue weighted by Gasteiger charge is 2.31. The van der Waals surface area contributed by atoms with E-state index in [1.165, 1.54) is 6.07 Å². The molecule has 0 saturated carbocycles. The van der Waals surface area contributed by atoms with Crippen molar-refractivity contribution in [2.24, 2.45) is 16.5 Å². The van der Waals surface area contributed by atoms with Crippen LogP contribution in [0.3, 0.4) is 0 Å². The number of nitrogens with two attached hydrogens (primary N) is 2. The molecule has 0 spiro atoms. The van der Waals surface area contributed by atoms with E-state index >= 15 is 0 Å². The van der Waals surface area contributed by atoms with Crippen LogP contribution in [0.25, 0.3) is 11.4 Å². The van der Waals surface area contributed by atoms with Crippen molar-refractivity contribution < 1.29 is 14.3 Å². The molecule has 3 heterocycles. The Balaban J connectivity index is 1.39. The normalized spacial score (nSPS) is 18.8. The predicted octanol–water partition coefficient (Wildman–Crippen LogP) is 2.61. The molecule has 1 fully saturated rings. The number of primary amides is 2. The van der Waals surface area contributed by atoms with E-state index in [0.29, 0.717) is 41.7 Å². The van der Waals surface area contributed by atoms with E-state index in [-0.39, 0.29) is 11.7 Å². The van der Waals surface area contributed by atoms with Crippen molar-refractivity contribution in [3.63, 3.8) is 0 Å². The van der Waals surface area contributed by atoms with Crippen LogP contribution in [-0.4, -0.2) is 40.6 Å². The van der Waals surface area contributed by atoms with E-state index < -0.39 is 17.9 Å². The highest BCUT2D eigenvalue weighted by molar-refractivity contribution is 5.92. The molecule has 5 rings (SSSR count). The monoisotopic (exact) mass is 442 g/mol. The number of nitrogens with zero attached hydrogens (tertiary/aromatic N) is 4. The summed E-state index contributed by atoms with van der Waals surface area (Å²) >= 11 is 0. The second-order valence-electron chi connectivity index (χ2n) is 7.99. The number of carbonyl (C=O) groups is 2. The van der Waals surface area contributed by atoms with E-state index in [9.17, 15) is 9.59 Å². The fourth-order valence-corrected chi connectivity index (χ4v) is 3.93. The summed E-state index contributed by atoms with van der Waals surface area (Å²) in [6, 6.07) is 16.2. The van der Waals surface area contributed by atoms with Crippen LogP contribution < -0.4 is 21.1 Å². The van der Waals surface area contributed by atoms with Gasteiger partial charge in [0.15, 0.2) is 5.82 Å². The number of hydrogen-bond donors (Lipinski definition) is 2. The van der Waals surface area contributed by atoms with Crippen LogP contribution in [0.1, 0.15) is 34.9 Å². The Labute approximate surface area is 190 Å². The maximum absolute atomic E-state index is 11.9. The number of carbonyl (C=O) groups excluding carboxylic acids is 2. The van der Waals surface area contributed by atoms with Crippen LogP contribution in [0.5, 0.6) is 11.5 Å². The highest BCUT2D eigenvalue weighted by atomic mass is 16.5. The molecule has 2 aliphatic rings. The first-order valence-corrected chi connectivity index (χ1v) is 10.6. The van der Waals surface area contributed by atoms with Gasteiger partial charge in [0.25, 0.3) is 5.91 Å². The van der Waals surface area contributed by atoms with Crippen LogP contribution in [0, 0.1) is 0 Å². The van der Waals surface area contributed by atoms with Crippen LogP contribution in [0.2, 0.25) is 0 Å². The summed E-state index contributed by atoms with van der Waals surface area (Å²) in [5.74, 6) is 1.05. The van der Waals surface area contributed by atoms with Gasteiger partial charge in [-0.1, -0.05) is 12.1 Å². The van der Waals surface area contributed by atoms with Gasteiger partial charge in [0.2, 0.25) is 5.91 Å². The van der Waals surface area contributed by atoms with Gasteiger partial charge < -0.3 is 21.1 Å². The molecule has 3 aromatic rings. The summed E-state index contributed by atoms with van der Waals surface area (Å²) in [7, 11) is 0. The first-order valence-electron chi connectivity index (χ1n) is 10.6. The molecule has 2 aromatic carbocycles.